The van der Waals surface area contributed by atoms with Gasteiger partial charge in [-0.1, -0.05) is 79.9 Å². The Kier molecular flexibility index (Phi) is 10.3. The van der Waals surface area contributed by atoms with Gasteiger partial charge in [-0.3, -0.25) is 4.79 Å². The van der Waals surface area contributed by atoms with E-state index in [9.17, 15) is 14.7 Å². The molecule has 9 heteroatoms. The summed E-state index contributed by atoms with van der Waals surface area (Å²) < 4.78 is 13.8. The van der Waals surface area contributed by atoms with Crippen LogP contribution < -0.4 is 0 Å². The SMILES string of the molecule is COCCCO[C@@H]1CCCCC[C@H]1n1cnc(C(=O)N2CCN(C(=O)O)C[C@H]2Cc2ccccc2)c1-c1ccccc1. The minimum absolute atomic E-state index is 0.0221. The summed E-state index contributed by atoms with van der Waals surface area (Å²) in [6.45, 7) is 2.14. The summed E-state index contributed by atoms with van der Waals surface area (Å²) >= 11 is 0. The highest BCUT2D eigenvalue weighted by Crippen LogP contribution is 2.36. The van der Waals surface area contributed by atoms with E-state index >= 15 is 0 Å². The molecule has 2 heterocycles. The summed E-state index contributed by atoms with van der Waals surface area (Å²) in [7, 11) is 1.70. The van der Waals surface area contributed by atoms with Crippen LogP contribution in [0.3, 0.4) is 0 Å². The van der Waals surface area contributed by atoms with Crippen LogP contribution >= 0.6 is 0 Å². The molecule has 0 spiro atoms. The minimum atomic E-state index is -0.959. The number of rotatable bonds is 10. The van der Waals surface area contributed by atoms with Crippen LogP contribution in [0.25, 0.3) is 11.3 Å². The summed E-state index contributed by atoms with van der Waals surface area (Å²) in [6.07, 6.45) is 7.56. The van der Waals surface area contributed by atoms with Crippen LogP contribution in [0.2, 0.25) is 0 Å². The van der Waals surface area contributed by atoms with Crippen LogP contribution in [0.4, 0.5) is 4.79 Å². The quantitative estimate of drug-likeness (QED) is 0.253. The highest BCUT2D eigenvalue weighted by atomic mass is 16.5. The Balaban J connectivity index is 1.49. The van der Waals surface area contributed by atoms with E-state index in [2.05, 4.69) is 4.57 Å². The highest BCUT2D eigenvalue weighted by Gasteiger charge is 2.37. The Morgan fingerprint density at radius 3 is 2.43 bits per heavy atom. The number of carbonyl (C=O) groups is 2. The van der Waals surface area contributed by atoms with Crippen molar-refractivity contribution in [1.82, 2.24) is 19.4 Å². The highest BCUT2D eigenvalue weighted by molar-refractivity contribution is 5.98. The van der Waals surface area contributed by atoms with Gasteiger partial charge in [0.25, 0.3) is 5.91 Å². The lowest BCUT2D eigenvalue weighted by atomic mass is 10.0. The van der Waals surface area contributed by atoms with E-state index in [0.717, 1.165) is 55.3 Å². The van der Waals surface area contributed by atoms with Gasteiger partial charge in [0, 0.05) is 45.5 Å². The monoisotopic (exact) mass is 574 g/mol. The third-order valence-corrected chi connectivity index (χ3v) is 8.47. The van der Waals surface area contributed by atoms with E-state index in [-0.39, 0.29) is 37.2 Å². The van der Waals surface area contributed by atoms with Crippen LogP contribution in [0, 0.1) is 0 Å². The maximum Gasteiger partial charge on any atom is 0.407 e. The third kappa shape index (κ3) is 7.02. The van der Waals surface area contributed by atoms with E-state index in [1.807, 2.05) is 71.9 Å². The Hall–Kier alpha value is -3.69. The van der Waals surface area contributed by atoms with Crippen LogP contribution in [0.1, 0.15) is 60.6 Å². The van der Waals surface area contributed by atoms with Crippen molar-refractivity contribution in [3.63, 3.8) is 0 Å². The van der Waals surface area contributed by atoms with E-state index in [1.165, 1.54) is 4.90 Å². The fourth-order valence-electron chi connectivity index (χ4n) is 6.35. The second kappa shape index (κ2) is 14.5. The molecular formula is C33H42N4O5. The van der Waals surface area contributed by atoms with Gasteiger partial charge in [0.2, 0.25) is 0 Å². The standard InChI is InChI=1S/C33H42N4O5/c1-41-20-11-21-42-29-17-10-4-9-16-28(29)37-24-34-30(31(37)26-14-7-3-8-15-26)32(38)36-19-18-35(33(39)40)23-27(36)22-25-12-5-2-6-13-25/h2-3,5-8,12-15,24,27-29H,4,9-11,16-23H2,1H3,(H,39,40)/t27-,28-,29-/m1/s1. The zero-order valence-corrected chi connectivity index (χ0v) is 24.4. The molecule has 3 atom stereocenters. The van der Waals surface area contributed by atoms with Crippen LogP contribution in [0.15, 0.2) is 67.0 Å². The maximum atomic E-state index is 14.4. The normalized spacial score (nSPS) is 21.2. The smallest absolute Gasteiger partial charge is 0.407 e. The zero-order valence-electron chi connectivity index (χ0n) is 24.4. The van der Waals surface area contributed by atoms with Crippen molar-refractivity contribution in [2.45, 2.75) is 63.1 Å². The van der Waals surface area contributed by atoms with Gasteiger partial charge >= 0.3 is 6.09 Å². The number of ether oxygens (including phenoxy) is 2. The molecule has 3 aromatic rings. The molecule has 0 bridgehead atoms. The third-order valence-electron chi connectivity index (χ3n) is 8.47. The van der Waals surface area contributed by atoms with E-state index in [1.54, 1.807) is 7.11 Å². The summed E-state index contributed by atoms with van der Waals surface area (Å²) in [4.78, 5) is 34.3. The van der Waals surface area contributed by atoms with Crippen molar-refractivity contribution in [3.05, 3.63) is 78.2 Å². The number of hydrogen-bond donors (Lipinski definition) is 1. The maximum absolute atomic E-state index is 14.4. The molecule has 1 saturated heterocycles. The van der Waals surface area contributed by atoms with Gasteiger partial charge < -0.3 is 28.9 Å². The van der Waals surface area contributed by atoms with Gasteiger partial charge in [-0.2, -0.15) is 0 Å². The fraction of sp³-hybridized carbons (Fsp3) is 0.485. The molecule has 1 saturated carbocycles. The molecule has 0 radical (unpaired) electrons. The topological polar surface area (TPSA) is 97.1 Å². The predicted octanol–water partition coefficient (Wildman–Crippen LogP) is 5.52. The van der Waals surface area contributed by atoms with Crippen molar-refractivity contribution in [2.75, 3.05) is 40.0 Å². The molecule has 5 rings (SSSR count). The van der Waals surface area contributed by atoms with Crippen molar-refractivity contribution in [3.8, 4) is 11.3 Å². The molecule has 224 valence electrons. The Morgan fingerprint density at radius 2 is 1.69 bits per heavy atom. The average Bonchev–Trinajstić information content (AvgIpc) is 3.32. The first-order valence-electron chi connectivity index (χ1n) is 15.1. The summed E-state index contributed by atoms with van der Waals surface area (Å²) in [6, 6.07) is 19.7. The van der Waals surface area contributed by atoms with Gasteiger partial charge in [-0.05, 0) is 31.2 Å². The molecule has 1 aliphatic carbocycles. The Morgan fingerprint density at radius 1 is 0.952 bits per heavy atom. The van der Waals surface area contributed by atoms with Gasteiger partial charge in [0.05, 0.1) is 30.2 Å². The lowest BCUT2D eigenvalue weighted by molar-refractivity contribution is 0.00370. The summed E-state index contributed by atoms with van der Waals surface area (Å²) in [5.41, 5.74) is 3.21. The number of benzene rings is 2. The van der Waals surface area contributed by atoms with Gasteiger partial charge in [0.15, 0.2) is 5.69 Å². The number of nitrogens with zero attached hydrogens (tertiary/aromatic N) is 4. The molecule has 2 amide bonds. The van der Waals surface area contributed by atoms with Gasteiger partial charge in [-0.15, -0.1) is 0 Å². The molecular weight excluding hydrogens is 532 g/mol. The van der Waals surface area contributed by atoms with E-state index in [4.69, 9.17) is 14.5 Å². The molecule has 1 aliphatic heterocycles. The number of amides is 2. The van der Waals surface area contributed by atoms with Crippen LogP contribution in [-0.2, 0) is 15.9 Å². The lowest BCUT2D eigenvalue weighted by Gasteiger charge is -2.40. The second-order valence-electron chi connectivity index (χ2n) is 11.2. The molecule has 1 aromatic heterocycles. The summed E-state index contributed by atoms with van der Waals surface area (Å²) in [5, 5.41) is 9.73. The Bertz CT molecular complexity index is 1300. The number of hydrogen-bond acceptors (Lipinski definition) is 5. The fourth-order valence-corrected chi connectivity index (χ4v) is 6.35. The van der Waals surface area contributed by atoms with Gasteiger partial charge in [-0.25, -0.2) is 9.78 Å². The van der Waals surface area contributed by atoms with Crippen molar-refractivity contribution in [1.29, 1.82) is 0 Å². The predicted molar refractivity (Wildman–Crippen MR) is 161 cm³/mol. The largest absolute Gasteiger partial charge is 0.465 e. The number of aromatic nitrogens is 2. The molecule has 9 nitrogen and oxygen atoms in total. The first-order chi connectivity index (χ1) is 20.6. The van der Waals surface area contributed by atoms with Crippen LogP contribution in [-0.4, -0.2) is 88.6 Å². The second-order valence-corrected chi connectivity index (χ2v) is 11.2. The van der Waals surface area contributed by atoms with Gasteiger partial charge in [0.1, 0.15) is 0 Å². The first-order valence-corrected chi connectivity index (χ1v) is 15.1. The zero-order chi connectivity index (χ0) is 29.3. The van der Waals surface area contributed by atoms with Crippen LogP contribution in [0.5, 0.6) is 0 Å². The van der Waals surface area contributed by atoms with Crippen molar-refractivity contribution in [2.24, 2.45) is 0 Å². The number of carbonyl (C=O) groups excluding carboxylic acids is 1. The minimum Gasteiger partial charge on any atom is -0.465 e. The number of imidazole rings is 1. The average molecular weight is 575 g/mol. The Labute approximate surface area is 248 Å². The molecule has 0 unspecified atom stereocenters. The molecule has 2 aliphatic rings. The molecule has 2 fully saturated rings. The van der Waals surface area contributed by atoms with Crippen molar-refractivity contribution < 1.29 is 24.2 Å². The van der Waals surface area contributed by atoms with Crippen molar-refractivity contribution >= 4 is 12.0 Å². The lowest BCUT2D eigenvalue weighted by Crippen LogP contribution is -2.57. The summed E-state index contributed by atoms with van der Waals surface area (Å²) in [5.74, 6) is -0.162. The van der Waals surface area contributed by atoms with E-state index < -0.39 is 6.09 Å². The number of piperazine rings is 1. The molecule has 2 aromatic carbocycles. The molecule has 42 heavy (non-hydrogen) atoms. The first kappa shape index (κ1) is 29.8. The number of carboxylic acid groups (broad SMARTS) is 1. The number of methoxy groups -OCH3 is 1. The molecule has 1 N–H and O–H groups in total. The van der Waals surface area contributed by atoms with E-state index in [0.29, 0.717) is 31.9 Å².